The number of anilines is 1. The van der Waals surface area contributed by atoms with Crippen molar-refractivity contribution in [2.45, 2.75) is 49.5 Å². The molecule has 0 N–H and O–H groups in total. The summed E-state index contributed by atoms with van der Waals surface area (Å²) in [6.45, 7) is 2.25. The fourth-order valence-corrected chi connectivity index (χ4v) is 7.58. The summed E-state index contributed by atoms with van der Waals surface area (Å²) >= 11 is 0. The first-order valence-corrected chi connectivity index (χ1v) is 15.0. The van der Waals surface area contributed by atoms with E-state index in [1.54, 1.807) is 24.3 Å². The molecule has 3 saturated heterocycles. The molecule has 0 amide bonds. The van der Waals surface area contributed by atoms with Crippen LogP contribution < -0.4 is 14.4 Å². The molecule has 0 radical (unpaired) electrons. The lowest BCUT2D eigenvalue weighted by Crippen LogP contribution is -2.49. The van der Waals surface area contributed by atoms with Crippen molar-refractivity contribution in [2.75, 3.05) is 44.9 Å². The number of ether oxygens (including phenoxy) is 3. The number of rotatable bonds is 4. The van der Waals surface area contributed by atoms with Crippen LogP contribution in [0.5, 0.6) is 11.9 Å². The first-order valence-electron chi connectivity index (χ1n) is 15.0. The topological polar surface area (TPSA) is 72.8 Å². The van der Waals surface area contributed by atoms with E-state index >= 15 is 4.39 Å². The quantitative estimate of drug-likeness (QED) is 0.301. The third-order valence-corrected chi connectivity index (χ3v) is 9.70. The summed E-state index contributed by atoms with van der Waals surface area (Å²) < 4.78 is 64.6. The van der Waals surface area contributed by atoms with Gasteiger partial charge in [0.2, 0.25) is 5.88 Å². The van der Waals surface area contributed by atoms with Crippen LogP contribution in [0.4, 0.5) is 19.0 Å². The lowest BCUT2D eigenvalue weighted by molar-refractivity contribution is -0.00627. The second-order valence-electron chi connectivity index (χ2n) is 12.2. The largest absolute Gasteiger partial charge is 0.469 e. The van der Waals surface area contributed by atoms with Crippen molar-refractivity contribution < 1.29 is 27.4 Å². The molecule has 4 atom stereocenters. The standard InChI is InChI=1S/C33H30F3N5O3/c1-3-20-22(35)9-8-18-6-4-7-21(25(18)20)28-27(36)29-26-30(40(2)23-10-13-42-16-24(23)44-31(26)37-28)39-32(38-29)43-17-33-11-5-12-41(33)15-19(34)14-33/h1,4,6-9,19,23-24H,5,10-17H2,2H3/t19-,23-,24-,33+/m1/s1. The molecular weight excluding hydrogens is 571 g/mol. The van der Waals surface area contributed by atoms with Gasteiger partial charge in [0.1, 0.15) is 47.1 Å². The Bertz CT molecular complexity index is 1870. The van der Waals surface area contributed by atoms with Crippen LogP contribution in [-0.2, 0) is 4.74 Å². The van der Waals surface area contributed by atoms with Crippen molar-refractivity contribution in [1.29, 1.82) is 0 Å². The van der Waals surface area contributed by atoms with Crippen LogP contribution in [0.3, 0.4) is 0 Å². The monoisotopic (exact) mass is 601 g/mol. The van der Waals surface area contributed by atoms with Crippen molar-refractivity contribution >= 4 is 27.5 Å². The van der Waals surface area contributed by atoms with Crippen molar-refractivity contribution in [3.63, 3.8) is 0 Å². The molecule has 4 aliphatic rings. The molecule has 2 aromatic heterocycles. The minimum atomic E-state index is -0.915. The highest BCUT2D eigenvalue weighted by atomic mass is 19.1. The Labute approximate surface area is 252 Å². The van der Waals surface area contributed by atoms with E-state index in [0.717, 1.165) is 19.4 Å². The van der Waals surface area contributed by atoms with Crippen molar-refractivity contribution in [1.82, 2.24) is 19.9 Å². The van der Waals surface area contributed by atoms with E-state index in [1.165, 1.54) is 6.07 Å². The van der Waals surface area contributed by atoms with Gasteiger partial charge in [0, 0.05) is 37.6 Å². The van der Waals surface area contributed by atoms with Crippen LogP contribution in [0.25, 0.3) is 32.9 Å². The van der Waals surface area contributed by atoms with Crippen molar-refractivity contribution in [2.24, 2.45) is 0 Å². The summed E-state index contributed by atoms with van der Waals surface area (Å²) in [6, 6.07) is 7.94. The molecule has 11 heteroatoms. The van der Waals surface area contributed by atoms with Gasteiger partial charge in [-0.25, -0.2) is 18.2 Å². The number of pyridine rings is 1. The zero-order valence-electron chi connectivity index (χ0n) is 24.2. The summed E-state index contributed by atoms with van der Waals surface area (Å²) in [4.78, 5) is 18.1. The number of aromatic nitrogens is 3. The molecule has 6 heterocycles. The molecule has 0 aliphatic carbocycles. The van der Waals surface area contributed by atoms with Gasteiger partial charge < -0.3 is 19.1 Å². The van der Waals surface area contributed by atoms with E-state index in [-0.39, 0.29) is 41.3 Å². The van der Waals surface area contributed by atoms with Crippen LogP contribution in [0, 0.1) is 24.0 Å². The van der Waals surface area contributed by atoms with Gasteiger partial charge in [-0.1, -0.05) is 30.2 Å². The maximum atomic E-state index is 16.8. The normalized spacial score (nSPS) is 26.2. The number of halogens is 3. The third kappa shape index (κ3) is 4.11. The molecule has 8 nitrogen and oxygen atoms in total. The maximum Gasteiger partial charge on any atom is 0.319 e. The minimum absolute atomic E-state index is 0.0105. The van der Waals surface area contributed by atoms with E-state index < -0.39 is 29.4 Å². The van der Waals surface area contributed by atoms with E-state index in [9.17, 15) is 8.78 Å². The number of alkyl halides is 1. The van der Waals surface area contributed by atoms with E-state index in [1.807, 2.05) is 11.9 Å². The second-order valence-corrected chi connectivity index (χ2v) is 12.2. The zero-order chi connectivity index (χ0) is 30.2. The molecule has 2 aromatic carbocycles. The molecule has 3 fully saturated rings. The van der Waals surface area contributed by atoms with Gasteiger partial charge in [-0.3, -0.25) is 4.90 Å². The lowest BCUT2D eigenvalue weighted by atomic mass is 9.95. The molecule has 0 spiro atoms. The molecule has 226 valence electrons. The van der Waals surface area contributed by atoms with Gasteiger partial charge >= 0.3 is 6.01 Å². The van der Waals surface area contributed by atoms with Gasteiger partial charge in [-0.2, -0.15) is 9.97 Å². The van der Waals surface area contributed by atoms with E-state index in [4.69, 9.17) is 30.6 Å². The Balaban J connectivity index is 1.32. The molecule has 0 bridgehead atoms. The molecule has 0 saturated carbocycles. The number of terminal acetylenes is 1. The molecule has 4 aromatic rings. The molecule has 44 heavy (non-hydrogen) atoms. The maximum absolute atomic E-state index is 16.8. The van der Waals surface area contributed by atoms with Gasteiger partial charge in [0.05, 0.1) is 23.8 Å². The fourth-order valence-electron chi connectivity index (χ4n) is 7.58. The van der Waals surface area contributed by atoms with Crippen LogP contribution in [-0.4, -0.2) is 83.7 Å². The summed E-state index contributed by atoms with van der Waals surface area (Å²) in [6.07, 6.45) is 7.22. The molecular formula is C33H30F3N5O3. The highest BCUT2D eigenvalue weighted by Crippen LogP contribution is 2.44. The van der Waals surface area contributed by atoms with Crippen molar-refractivity contribution in [3.8, 4) is 35.5 Å². The first-order chi connectivity index (χ1) is 21.4. The van der Waals surface area contributed by atoms with Crippen molar-refractivity contribution in [3.05, 3.63) is 47.5 Å². The lowest BCUT2D eigenvalue weighted by Gasteiger charge is -2.36. The average molecular weight is 602 g/mol. The number of nitrogens with zero attached hydrogens (tertiary/aromatic N) is 5. The SMILES string of the molecule is C#Cc1c(F)ccc2cccc(-c3nc4c5c(nc(OC[C@@]67CCCN6C[C@H](F)C7)nc5c3F)N(C)[C@@H]3CCOC[C@H]3O4)c12. The fraction of sp³-hybridized carbons (Fsp3) is 0.424. The number of benzene rings is 2. The Morgan fingerprint density at radius 1 is 1.16 bits per heavy atom. The first kappa shape index (κ1) is 27.4. The van der Waals surface area contributed by atoms with Gasteiger partial charge in [0.25, 0.3) is 0 Å². The third-order valence-electron chi connectivity index (χ3n) is 9.70. The average Bonchev–Trinajstić information content (AvgIpc) is 3.52. The predicted molar refractivity (Wildman–Crippen MR) is 159 cm³/mol. The predicted octanol–water partition coefficient (Wildman–Crippen LogP) is 5.05. The highest BCUT2D eigenvalue weighted by Gasteiger charge is 2.49. The number of fused-ring (bicyclic) bond motifs is 3. The molecule has 0 unspecified atom stereocenters. The molecule has 8 rings (SSSR count). The Morgan fingerprint density at radius 3 is 2.91 bits per heavy atom. The van der Waals surface area contributed by atoms with Crippen LogP contribution in [0.15, 0.2) is 30.3 Å². The van der Waals surface area contributed by atoms with Gasteiger partial charge in [0.15, 0.2) is 5.82 Å². The van der Waals surface area contributed by atoms with E-state index in [0.29, 0.717) is 60.1 Å². The van der Waals surface area contributed by atoms with Gasteiger partial charge in [-0.15, -0.1) is 6.42 Å². The summed E-state index contributed by atoms with van der Waals surface area (Å²) in [5.41, 5.74) is -0.223. The summed E-state index contributed by atoms with van der Waals surface area (Å²) in [7, 11) is 1.88. The number of hydrogen-bond donors (Lipinski definition) is 0. The number of hydrogen-bond acceptors (Lipinski definition) is 8. The smallest absolute Gasteiger partial charge is 0.319 e. The van der Waals surface area contributed by atoms with Crippen LogP contribution in [0.2, 0.25) is 0 Å². The second kappa shape index (κ2) is 10.2. The number of likely N-dealkylation sites (N-methyl/N-ethyl adjacent to an activating group) is 1. The highest BCUT2D eigenvalue weighted by molar-refractivity contribution is 6.03. The summed E-state index contributed by atoms with van der Waals surface area (Å²) in [5.74, 6) is 1.68. The van der Waals surface area contributed by atoms with E-state index in [2.05, 4.69) is 15.8 Å². The van der Waals surface area contributed by atoms with Crippen LogP contribution in [0.1, 0.15) is 31.2 Å². The minimum Gasteiger partial charge on any atom is -0.469 e. The molecule has 4 aliphatic heterocycles. The Morgan fingerprint density at radius 2 is 2.05 bits per heavy atom. The zero-order valence-corrected chi connectivity index (χ0v) is 24.2. The Hall–Kier alpha value is -4.14. The van der Waals surface area contributed by atoms with Crippen LogP contribution >= 0.6 is 0 Å². The van der Waals surface area contributed by atoms with Gasteiger partial charge in [-0.05, 0) is 37.3 Å². The Kier molecular flexibility index (Phi) is 6.36. The summed E-state index contributed by atoms with van der Waals surface area (Å²) in [5, 5.41) is 1.32.